The van der Waals surface area contributed by atoms with Crippen molar-refractivity contribution in [1.82, 2.24) is 5.32 Å². The van der Waals surface area contributed by atoms with Crippen molar-refractivity contribution in [2.24, 2.45) is 0 Å². The lowest BCUT2D eigenvalue weighted by molar-refractivity contribution is -0.344. The molecule has 158 valence electrons. The van der Waals surface area contributed by atoms with Gasteiger partial charge in [-0.25, -0.2) is 0 Å². The molecule has 0 aromatic rings. The van der Waals surface area contributed by atoms with Gasteiger partial charge in [-0.2, -0.15) is 0 Å². The lowest BCUT2D eigenvalue weighted by Crippen LogP contribution is -2.67. The maximum absolute atomic E-state index is 11.4. The highest BCUT2D eigenvalue weighted by Gasteiger charge is 2.51. The summed E-state index contributed by atoms with van der Waals surface area (Å²) in [6, 6.07) is -1.22. The van der Waals surface area contributed by atoms with E-state index in [4.69, 9.17) is 18.9 Å². The zero-order chi connectivity index (χ0) is 20.3. The topological polar surface area (TPSA) is 187 Å². The molecule has 7 N–H and O–H groups in total. The Bertz CT molecular complexity index is 494. The van der Waals surface area contributed by atoms with Crippen molar-refractivity contribution in [3.05, 3.63) is 0 Å². The average Bonchev–Trinajstić information content (AvgIpc) is 2.63. The molecule has 2 fully saturated rings. The van der Waals surface area contributed by atoms with Gasteiger partial charge in [0, 0.05) is 14.0 Å². The van der Waals surface area contributed by atoms with E-state index >= 15 is 0 Å². The predicted molar refractivity (Wildman–Crippen MR) is 85.0 cm³/mol. The standard InChI is InChI=1S/C15H27NO11/c1-5(19)16-8-12(10(21)7(4-18)25-14(8)23)27-15-13(24-2)11(22)9(20)6(3-17)26-15/h6-15,17-18,20-23H,3-4H2,1-2H3,(H,16,19)/t6-,7-,8-,9+,10-,11+,12-,13-,14-,15+/m1/s1. The molecule has 0 aliphatic carbocycles. The van der Waals surface area contributed by atoms with E-state index in [1.54, 1.807) is 0 Å². The largest absolute Gasteiger partial charge is 0.394 e. The highest BCUT2D eigenvalue weighted by Crippen LogP contribution is 2.29. The van der Waals surface area contributed by atoms with Crippen LogP contribution in [-0.2, 0) is 23.7 Å². The molecule has 2 rings (SSSR count). The summed E-state index contributed by atoms with van der Waals surface area (Å²) in [6.07, 6.45) is -12.3. The van der Waals surface area contributed by atoms with Gasteiger partial charge in [0.1, 0.15) is 48.8 Å². The fraction of sp³-hybridized carbons (Fsp3) is 0.933. The van der Waals surface area contributed by atoms with E-state index in [9.17, 15) is 35.4 Å². The van der Waals surface area contributed by atoms with Crippen LogP contribution in [0.25, 0.3) is 0 Å². The highest BCUT2D eigenvalue weighted by molar-refractivity contribution is 5.73. The first kappa shape index (κ1) is 22.4. The van der Waals surface area contributed by atoms with Gasteiger partial charge in [0.15, 0.2) is 12.6 Å². The van der Waals surface area contributed by atoms with Gasteiger partial charge in [-0.15, -0.1) is 0 Å². The molecule has 0 aromatic carbocycles. The lowest BCUT2D eigenvalue weighted by atomic mass is 9.95. The highest BCUT2D eigenvalue weighted by atomic mass is 16.7. The first-order valence-electron chi connectivity index (χ1n) is 8.45. The molecule has 0 aromatic heterocycles. The number of ether oxygens (including phenoxy) is 4. The van der Waals surface area contributed by atoms with Crippen LogP contribution in [0.4, 0.5) is 0 Å². The van der Waals surface area contributed by atoms with Gasteiger partial charge in [0.2, 0.25) is 5.91 Å². The normalized spacial score (nSPS) is 45.5. The Morgan fingerprint density at radius 1 is 0.963 bits per heavy atom. The molecule has 2 heterocycles. The zero-order valence-electron chi connectivity index (χ0n) is 14.9. The van der Waals surface area contributed by atoms with Crippen LogP contribution >= 0.6 is 0 Å². The molecule has 2 saturated heterocycles. The third-order valence-corrected chi connectivity index (χ3v) is 4.63. The van der Waals surface area contributed by atoms with Crippen molar-refractivity contribution >= 4 is 5.91 Å². The molecule has 1 amide bonds. The summed E-state index contributed by atoms with van der Waals surface area (Å²) < 4.78 is 21.3. The summed E-state index contributed by atoms with van der Waals surface area (Å²) in [5.74, 6) is -0.539. The molecular formula is C15H27NO11. The van der Waals surface area contributed by atoms with Gasteiger partial charge in [-0.05, 0) is 0 Å². The number of hydrogen-bond donors (Lipinski definition) is 7. The van der Waals surface area contributed by atoms with Gasteiger partial charge >= 0.3 is 0 Å². The number of aliphatic hydroxyl groups excluding tert-OH is 6. The summed E-state index contributed by atoms with van der Waals surface area (Å²) in [5.41, 5.74) is 0. The monoisotopic (exact) mass is 397 g/mol. The molecule has 0 spiro atoms. The SMILES string of the molecule is CO[C@H]1[C@H](O[C@H]2[C@H](O)[C@@H](CO)O[C@@H](O)[C@@H]2NC(C)=O)O[C@H](CO)[C@H](O)[C@@H]1O. The quantitative estimate of drug-likeness (QED) is 0.228. The zero-order valence-corrected chi connectivity index (χ0v) is 14.9. The van der Waals surface area contributed by atoms with E-state index in [0.29, 0.717) is 0 Å². The summed E-state index contributed by atoms with van der Waals surface area (Å²) in [7, 11) is 1.23. The molecule has 2 aliphatic heterocycles. The van der Waals surface area contributed by atoms with Crippen LogP contribution < -0.4 is 5.32 Å². The van der Waals surface area contributed by atoms with Crippen LogP contribution in [0.5, 0.6) is 0 Å². The molecule has 0 saturated carbocycles. The number of hydrogen-bond acceptors (Lipinski definition) is 11. The Labute approximate surface area is 155 Å². The Hall–Kier alpha value is -0.930. The molecule has 0 radical (unpaired) electrons. The number of amides is 1. The van der Waals surface area contributed by atoms with Crippen molar-refractivity contribution in [3.63, 3.8) is 0 Å². The van der Waals surface area contributed by atoms with Crippen molar-refractivity contribution in [1.29, 1.82) is 0 Å². The van der Waals surface area contributed by atoms with Crippen LogP contribution in [-0.4, -0.2) is 118 Å². The minimum atomic E-state index is -1.60. The summed E-state index contributed by atoms with van der Waals surface area (Å²) in [4.78, 5) is 11.4. The molecular weight excluding hydrogens is 370 g/mol. The second-order valence-electron chi connectivity index (χ2n) is 6.47. The average molecular weight is 397 g/mol. The molecule has 10 atom stereocenters. The summed E-state index contributed by atoms with van der Waals surface area (Å²) >= 11 is 0. The molecule has 12 heteroatoms. The van der Waals surface area contributed by atoms with Crippen LogP contribution in [0, 0.1) is 0 Å². The summed E-state index contributed by atoms with van der Waals surface area (Å²) in [6.45, 7) is -0.0716. The van der Waals surface area contributed by atoms with E-state index in [0.717, 1.165) is 0 Å². The minimum Gasteiger partial charge on any atom is -0.394 e. The van der Waals surface area contributed by atoms with Gasteiger partial charge in [0.25, 0.3) is 0 Å². The Balaban J connectivity index is 2.25. The van der Waals surface area contributed by atoms with Crippen molar-refractivity contribution in [2.75, 3.05) is 20.3 Å². The predicted octanol–water partition coefficient (Wildman–Crippen LogP) is -4.60. The minimum absolute atomic E-state index is 0.539. The number of carbonyl (C=O) groups excluding carboxylic acids is 1. The second kappa shape index (κ2) is 9.52. The number of methoxy groups -OCH3 is 1. The fourth-order valence-corrected chi connectivity index (χ4v) is 3.21. The first-order chi connectivity index (χ1) is 12.7. The molecule has 2 aliphatic rings. The van der Waals surface area contributed by atoms with Crippen molar-refractivity contribution in [2.45, 2.75) is 68.3 Å². The van der Waals surface area contributed by atoms with Gasteiger partial charge in [-0.3, -0.25) is 4.79 Å². The van der Waals surface area contributed by atoms with Crippen LogP contribution in [0.3, 0.4) is 0 Å². The van der Waals surface area contributed by atoms with Crippen LogP contribution in [0.15, 0.2) is 0 Å². The van der Waals surface area contributed by atoms with Gasteiger partial charge in [-0.1, -0.05) is 0 Å². The molecule has 0 bridgehead atoms. The van der Waals surface area contributed by atoms with E-state index in [-0.39, 0.29) is 0 Å². The first-order valence-corrected chi connectivity index (χ1v) is 8.45. The number of rotatable bonds is 6. The number of carbonyl (C=O) groups is 1. The molecule has 27 heavy (non-hydrogen) atoms. The molecule has 0 unspecified atom stereocenters. The van der Waals surface area contributed by atoms with E-state index in [2.05, 4.69) is 5.32 Å². The molecule has 12 nitrogen and oxygen atoms in total. The third kappa shape index (κ3) is 4.74. The third-order valence-electron chi connectivity index (χ3n) is 4.63. The van der Waals surface area contributed by atoms with E-state index in [1.807, 2.05) is 0 Å². The van der Waals surface area contributed by atoms with Crippen molar-refractivity contribution < 1.29 is 54.4 Å². The summed E-state index contributed by atoms with van der Waals surface area (Å²) in [5, 5.41) is 61.7. The number of aliphatic hydroxyl groups is 6. The maximum atomic E-state index is 11.4. The van der Waals surface area contributed by atoms with E-state index < -0.39 is 80.5 Å². The Kier molecular flexibility index (Phi) is 7.88. The second-order valence-corrected chi connectivity index (χ2v) is 6.47. The van der Waals surface area contributed by atoms with Gasteiger partial charge in [0.05, 0.1) is 13.2 Å². The maximum Gasteiger partial charge on any atom is 0.217 e. The van der Waals surface area contributed by atoms with Gasteiger partial charge < -0.3 is 54.9 Å². The fourth-order valence-electron chi connectivity index (χ4n) is 3.21. The lowest BCUT2D eigenvalue weighted by Gasteiger charge is -2.47. The van der Waals surface area contributed by atoms with E-state index in [1.165, 1.54) is 14.0 Å². The smallest absolute Gasteiger partial charge is 0.217 e. The Morgan fingerprint density at radius 2 is 1.56 bits per heavy atom. The van der Waals surface area contributed by atoms with Crippen LogP contribution in [0.1, 0.15) is 6.92 Å². The Morgan fingerprint density at radius 3 is 2.07 bits per heavy atom. The van der Waals surface area contributed by atoms with Crippen molar-refractivity contribution in [3.8, 4) is 0 Å². The van der Waals surface area contributed by atoms with Crippen LogP contribution in [0.2, 0.25) is 0 Å². The number of nitrogens with one attached hydrogen (secondary N) is 1.